The molecule has 13 nitrogen and oxygen atoms in total. The number of nitrogens with zero attached hydrogens (tertiary/aromatic N) is 8. The zero-order valence-electron chi connectivity index (χ0n) is 29.0. The van der Waals surface area contributed by atoms with Gasteiger partial charge in [-0.1, -0.05) is 18.2 Å². The molecule has 0 bridgehead atoms. The van der Waals surface area contributed by atoms with Crippen LogP contribution in [0.15, 0.2) is 71.4 Å². The van der Waals surface area contributed by atoms with Gasteiger partial charge in [0.25, 0.3) is 0 Å². The summed E-state index contributed by atoms with van der Waals surface area (Å²) in [7, 11) is 0. The van der Waals surface area contributed by atoms with Gasteiger partial charge in [0.05, 0.1) is 40.1 Å². The molecule has 0 aliphatic carbocycles. The highest BCUT2D eigenvalue weighted by Crippen LogP contribution is 2.37. The Morgan fingerprint density at radius 1 is 0.962 bits per heavy atom. The number of nitrogens with one attached hydrogen (secondary N) is 1. The Hall–Kier alpha value is -6.25. The van der Waals surface area contributed by atoms with Crippen LogP contribution in [0.5, 0.6) is 0 Å². The molecule has 2 aliphatic heterocycles. The number of likely N-dealkylation sites (tertiary alicyclic amines) is 2. The van der Waals surface area contributed by atoms with E-state index in [0.717, 1.165) is 51.9 Å². The SMILES string of the molecule is Cc1c(Nc2nccc3ccc(CN4CC[C@@H](O)C4)nc23)cccc1-c1nccc(-c2nc3cc(CN4CCC(C(=O)O)C4)cc(C#N)c3o2)c1C#N. The van der Waals surface area contributed by atoms with Crippen molar-refractivity contribution in [3.8, 4) is 34.8 Å². The molecule has 0 radical (unpaired) electrons. The summed E-state index contributed by atoms with van der Waals surface area (Å²) in [6, 6.07) is 21.5. The standard InChI is InChI=1S/C40H35N9O4/c1-23-30(3-2-4-33(23)46-38-35-25(7-11-44-38)5-6-28(45-35)21-49-14-10-29(50)22-49)36-32(18-42)31(8-12-43-36)39-47-34-16-24(15-27(17-41)37(34)53-39)19-48-13-9-26(20-48)40(51)52/h2-8,11-12,15-16,26,29,50H,9-10,13-14,19-22H2,1H3,(H,44,46)(H,51,52)/t26?,29-/m1/s1. The van der Waals surface area contributed by atoms with E-state index in [-0.39, 0.29) is 17.6 Å². The second-order valence-corrected chi connectivity index (χ2v) is 13.7. The van der Waals surface area contributed by atoms with Crippen LogP contribution in [0.25, 0.3) is 44.7 Å². The van der Waals surface area contributed by atoms with Crippen LogP contribution in [0.3, 0.4) is 0 Å². The minimum absolute atomic E-state index is 0.193. The van der Waals surface area contributed by atoms with Crippen molar-refractivity contribution in [2.75, 3.05) is 31.5 Å². The highest BCUT2D eigenvalue weighted by atomic mass is 16.4. The average Bonchev–Trinajstić information content (AvgIpc) is 3.92. The molecule has 2 fully saturated rings. The Morgan fingerprint density at radius 2 is 1.79 bits per heavy atom. The van der Waals surface area contributed by atoms with E-state index in [1.54, 1.807) is 24.5 Å². The summed E-state index contributed by atoms with van der Waals surface area (Å²) in [5.74, 6) is -0.411. The number of aliphatic hydroxyl groups excluding tert-OH is 1. The van der Waals surface area contributed by atoms with Crippen molar-refractivity contribution in [3.63, 3.8) is 0 Å². The molecule has 1 unspecified atom stereocenters. The number of benzene rings is 2. The molecule has 13 heteroatoms. The number of aliphatic carboxylic acids is 1. The van der Waals surface area contributed by atoms with Crippen LogP contribution in [0.2, 0.25) is 0 Å². The molecule has 2 atom stereocenters. The summed E-state index contributed by atoms with van der Waals surface area (Å²) in [6.45, 7) is 5.64. The van der Waals surface area contributed by atoms with Crippen molar-refractivity contribution in [3.05, 3.63) is 94.9 Å². The summed E-state index contributed by atoms with van der Waals surface area (Å²) in [5, 5.41) is 44.3. The third kappa shape index (κ3) is 6.65. The first-order chi connectivity index (χ1) is 25.8. The zero-order chi connectivity index (χ0) is 36.6. The highest BCUT2D eigenvalue weighted by molar-refractivity contribution is 5.91. The maximum atomic E-state index is 11.5. The number of hydrogen-bond donors (Lipinski definition) is 3. The van der Waals surface area contributed by atoms with Crippen LogP contribution in [-0.4, -0.2) is 78.2 Å². The van der Waals surface area contributed by atoms with Crippen LogP contribution >= 0.6 is 0 Å². The van der Waals surface area contributed by atoms with E-state index >= 15 is 0 Å². The molecule has 2 saturated heterocycles. The number of hydrogen-bond acceptors (Lipinski definition) is 12. The van der Waals surface area contributed by atoms with Crippen LogP contribution in [0.4, 0.5) is 11.5 Å². The number of aromatic nitrogens is 4. The predicted molar refractivity (Wildman–Crippen MR) is 197 cm³/mol. The Morgan fingerprint density at radius 3 is 2.57 bits per heavy atom. The molecule has 0 saturated carbocycles. The van der Waals surface area contributed by atoms with Crippen LogP contribution in [0.1, 0.15) is 40.8 Å². The number of pyridine rings is 3. The lowest BCUT2D eigenvalue weighted by Crippen LogP contribution is -2.22. The van der Waals surface area contributed by atoms with Crippen molar-refractivity contribution in [1.29, 1.82) is 10.5 Å². The average molecular weight is 706 g/mol. The van der Waals surface area contributed by atoms with Crippen LogP contribution in [0, 0.1) is 35.5 Å². The molecule has 53 heavy (non-hydrogen) atoms. The Balaban J connectivity index is 1.10. The van der Waals surface area contributed by atoms with Crippen molar-refractivity contribution in [1.82, 2.24) is 29.7 Å². The summed E-state index contributed by atoms with van der Waals surface area (Å²) in [4.78, 5) is 34.7. The quantitative estimate of drug-likeness (QED) is 0.165. The zero-order valence-corrected chi connectivity index (χ0v) is 29.0. The van der Waals surface area contributed by atoms with Crippen molar-refractivity contribution < 1.29 is 19.4 Å². The van der Waals surface area contributed by atoms with Gasteiger partial charge in [-0.25, -0.2) is 15.0 Å². The van der Waals surface area contributed by atoms with Gasteiger partial charge in [0.15, 0.2) is 11.4 Å². The fourth-order valence-corrected chi connectivity index (χ4v) is 7.38. The molecule has 8 rings (SSSR count). The van der Waals surface area contributed by atoms with Gasteiger partial charge in [-0.05, 0) is 73.8 Å². The molecule has 2 aliphatic rings. The van der Waals surface area contributed by atoms with E-state index in [2.05, 4.69) is 37.2 Å². The van der Waals surface area contributed by atoms with Gasteiger partial charge < -0.3 is 19.9 Å². The lowest BCUT2D eigenvalue weighted by Gasteiger charge is -2.16. The maximum absolute atomic E-state index is 11.5. The Bertz CT molecular complexity index is 2480. The number of aliphatic hydroxyl groups is 1. The third-order valence-electron chi connectivity index (χ3n) is 10.1. The number of rotatable bonds is 9. The smallest absolute Gasteiger partial charge is 0.307 e. The third-order valence-corrected chi connectivity index (χ3v) is 10.1. The minimum atomic E-state index is -0.797. The predicted octanol–water partition coefficient (Wildman–Crippen LogP) is 5.77. The number of carbonyl (C=O) groups is 1. The van der Waals surface area contributed by atoms with Gasteiger partial charge >= 0.3 is 5.97 Å². The summed E-state index contributed by atoms with van der Waals surface area (Å²) >= 11 is 0. The summed E-state index contributed by atoms with van der Waals surface area (Å²) in [6.07, 6.45) is 4.39. The molecule has 4 aromatic heterocycles. The molecular weight excluding hydrogens is 670 g/mol. The number of oxazole rings is 1. The van der Waals surface area contributed by atoms with Crippen LogP contribution < -0.4 is 5.32 Å². The second-order valence-electron chi connectivity index (χ2n) is 13.7. The molecule has 6 heterocycles. The monoisotopic (exact) mass is 705 g/mol. The Kier molecular flexibility index (Phi) is 8.98. The molecule has 0 spiro atoms. The fraction of sp³-hybridized carbons (Fsp3) is 0.275. The first-order valence-electron chi connectivity index (χ1n) is 17.5. The highest BCUT2D eigenvalue weighted by Gasteiger charge is 2.28. The summed E-state index contributed by atoms with van der Waals surface area (Å²) < 4.78 is 6.17. The Labute approximate surface area is 304 Å². The lowest BCUT2D eigenvalue weighted by molar-refractivity contribution is -0.141. The lowest BCUT2D eigenvalue weighted by atomic mass is 9.97. The first kappa shape index (κ1) is 33.9. The topological polar surface area (TPSA) is 188 Å². The largest absolute Gasteiger partial charge is 0.481 e. The minimum Gasteiger partial charge on any atom is -0.481 e. The molecule has 6 aromatic rings. The van der Waals surface area contributed by atoms with Gasteiger partial charge in [0.1, 0.15) is 23.2 Å². The van der Waals surface area contributed by atoms with Gasteiger partial charge in [0.2, 0.25) is 5.89 Å². The number of fused-ring (bicyclic) bond motifs is 2. The van der Waals surface area contributed by atoms with Gasteiger partial charge in [-0.15, -0.1) is 0 Å². The normalized spacial score (nSPS) is 17.7. The fourth-order valence-electron chi connectivity index (χ4n) is 7.38. The van der Waals surface area contributed by atoms with Crippen molar-refractivity contribution >= 4 is 39.5 Å². The molecule has 2 aromatic carbocycles. The van der Waals surface area contributed by atoms with Crippen molar-refractivity contribution in [2.24, 2.45) is 5.92 Å². The maximum Gasteiger partial charge on any atom is 0.307 e. The first-order valence-corrected chi connectivity index (χ1v) is 17.5. The number of carboxylic acid groups (broad SMARTS) is 1. The van der Waals surface area contributed by atoms with Crippen LogP contribution in [-0.2, 0) is 17.9 Å². The molecular formula is C40H35N9O4. The number of anilines is 2. The van der Waals surface area contributed by atoms with E-state index in [4.69, 9.17) is 14.4 Å². The van der Waals surface area contributed by atoms with E-state index in [1.807, 2.05) is 49.4 Å². The number of carboxylic acids is 1. The van der Waals surface area contributed by atoms with E-state index < -0.39 is 11.9 Å². The molecule has 0 amide bonds. The molecule has 3 N–H and O–H groups in total. The van der Waals surface area contributed by atoms with Gasteiger partial charge in [0, 0.05) is 61.8 Å². The van der Waals surface area contributed by atoms with Gasteiger partial charge in [-0.2, -0.15) is 10.5 Å². The molecule has 264 valence electrons. The van der Waals surface area contributed by atoms with Crippen molar-refractivity contribution in [2.45, 2.75) is 39.0 Å². The van der Waals surface area contributed by atoms with Gasteiger partial charge in [-0.3, -0.25) is 19.6 Å². The van der Waals surface area contributed by atoms with E-state index in [0.29, 0.717) is 72.9 Å². The van der Waals surface area contributed by atoms with E-state index in [1.165, 1.54) is 0 Å². The second kappa shape index (κ2) is 14.1. The van der Waals surface area contributed by atoms with E-state index in [9.17, 15) is 25.5 Å². The number of β-amino-alcohol motifs (C(OH)–C–C–N with tert-alkyl or cyclic N) is 1. The summed E-state index contributed by atoms with van der Waals surface area (Å²) in [5.41, 5.74) is 7.08. The number of nitriles is 2.